The van der Waals surface area contributed by atoms with E-state index >= 15 is 0 Å². The Balaban J connectivity index is 2.88. The van der Waals surface area contributed by atoms with Gasteiger partial charge in [-0.05, 0) is 50.2 Å². The Morgan fingerprint density at radius 2 is 2.05 bits per heavy atom. The molecule has 0 amide bonds. The Hall–Kier alpha value is -1.06. The lowest BCUT2D eigenvalue weighted by Crippen LogP contribution is -2.30. The molecule has 0 aliphatic heterocycles. The molecule has 2 unspecified atom stereocenters. The van der Waals surface area contributed by atoms with E-state index in [1.165, 1.54) is 5.57 Å². The van der Waals surface area contributed by atoms with Crippen molar-refractivity contribution < 1.29 is 8.78 Å². The van der Waals surface area contributed by atoms with E-state index in [1.807, 2.05) is 0 Å². The summed E-state index contributed by atoms with van der Waals surface area (Å²) in [6.07, 6.45) is 6.28. The van der Waals surface area contributed by atoms with E-state index in [0.29, 0.717) is 12.5 Å². The molecule has 0 spiro atoms. The highest BCUT2D eigenvalue weighted by molar-refractivity contribution is 5.92. The molecule has 0 N–H and O–H groups in total. The minimum absolute atomic E-state index is 0.0508. The summed E-state index contributed by atoms with van der Waals surface area (Å²) in [5.74, 6) is -2.39. The van der Waals surface area contributed by atoms with Gasteiger partial charge < -0.3 is 0 Å². The van der Waals surface area contributed by atoms with E-state index in [-0.39, 0.29) is 17.7 Å². The number of hydrogen-bond acceptors (Lipinski definition) is 2. The lowest BCUT2D eigenvalue weighted by Gasteiger charge is -2.28. The van der Waals surface area contributed by atoms with Crippen LogP contribution in [0.15, 0.2) is 22.1 Å². The number of halogens is 2. The second-order valence-electron chi connectivity index (χ2n) is 6.73. The SMILES string of the molecule is C=NC/C(=N\CC1(CCC)CCC(C(=C)CC)C1)C(C)(F)F. The first-order chi connectivity index (χ1) is 10.3. The van der Waals surface area contributed by atoms with Crippen molar-refractivity contribution in [3.05, 3.63) is 12.2 Å². The summed E-state index contributed by atoms with van der Waals surface area (Å²) in [7, 11) is 0. The Morgan fingerprint density at radius 1 is 1.36 bits per heavy atom. The van der Waals surface area contributed by atoms with Gasteiger partial charge in [-0.15, -0.1) is 0 Å². The zero-order chi connectivity index (χ0) is 16.8. The van der Waals surface area contributed by atoms with E-state index < -0.39 is 5.92 Å². The first-order valence-corrected chi connectivity index (χ1v) is 8.29. The maximum atomic E-state index is 13.6. The molecule has 0 aromatic heterocycles. The topological polar surface area (TPSA) is 24.7 Å². The van der Waals surface area contributed by atoms with Gasteiger partial charge in [0.25, 0.3) is 5.92 Å². The van der Waals surface area contributed by atoms with Gasteiger partial charge >= 0.3 is 0 Å². The van der Waals surface area contributed by atoms with Crippen LogP contribution in [0.25, 0.3) is 0 Å². The van der Waals surface area contributed by atoms with Crippen molar-refractivity contribution in [1.82, 2.24) is 0 Å². The standard InChI is InChI=1S/C18H30F2N2/c1-6-9-18(10-8-15(11-18)14(3)7-2)13-22-16(12-21-5)17(4,19)20/h15H,3,5-13H2,1-2,4H3/b22-16+. The molecule has 126 valence electrons. The van der Waals surface area contributed by atoms with Crippen LogP contribution in [0.5, 0.6) is 0 Å². The van der Waals surface area contributed by atoms with Crippen LogP contribution in [0.3, 0.4) is 0 Å². The third-order valence-corrected chi connectivity index (χ3v) is 4.89. The second-order valence-corrected chi connectivity index (χ2v) is 6.73. The summed E-state index contributed by atoms with van der Waals surface area (Å²) in [6.45, 7) is 13.0. The van der Waals surface area contributed by atoms with Gasteiger partial charge in [-0.25, -0.2) is 8.78 Å². The van der Waals surface area contributed by atoms with Gasteiger partial charge in [-0.2, -0.15) is 0 Å². The zero-order valence-electron chi connectivity index (χ0n) is 14.3. The van der Waals surface area contributed by atoms with Crippen LogP contribution < -0.4 is 0 Å². The van der Waals surface area contributed by atoms with Crippen LogP contribution >= 0.6 is 0 Å². The van der Waals surface area contributed by atoms with Crippen molar-refractivity contribution in [2.45, 2.75) is 65.2 Å². The molecule has 0 aromatic carbocycles. The third-order valence-electron chi connectivity index (χ3n) is 4.89. The maximum Gasteiger partial charge on any atom is 0.284 e. The Labute approximate surface area is 133 Å². The van der Waals surface area contributed by atoms with Crippen molar-refractivity contribution >= 4 is 12.4 Å². The largest absolute Gasteiger partial charge is 0.295 e. The molecule has 0 saturated heterocycles. The number of aliphatic imine (C=N–C) groups is 2. The monoisotopic (exact) mass is 312 g/mol. The van der Waals surface area contributed by atoms with Crippen LogP contribution in [-0.4, -0.2) is 31.4 Å². The zero-order valence-corrected chi connectivity index (χ0v) is 14.3. The molecule has 2 atom stereocenters. The maximum absolute atomic E-state index is 13.6. The van der Waals surface area contributed by atoms with Crippen LogP contribution in [0, 0.1) is 11.3 Å². The van der Waals surface area contributed by atoms with E-state index in [2.05, 4.69) is 37.1 Å². The van der Waals surface area contributed by atoms with E-state index in [1.54, 1.807) is 0 Å². The van der Waals surface area contributed by atoms with Crippen molar-refractivity contribution in [2.75, 3.05) is 13.1 Å². The molecule has 4 heteroatoms. The molecular weight excluding hydrogens is 282 g/mol. The predicted molar refractivity (Wildman–Crippen MR) is 91.5 cm³/mol. The van der Waals surface area contributed by atoms with Crippen molar-refractivity contribution in [2.24, 2.45) is 21.3 Å². The molecule has 1 saturated carbocycles. The van der Waals surface area contributed by atoms with Gasteiger partial charge in [0.2, 0.25) is 0 Å². The highest BCUT2D eigenvalue weighted by Crippen LogP contribution is 2.48. The predicted octanol–water partition coefficient (Wildman–Crippen LogP) is 5.34. The molecular formula is C18H30F2N2. The lowest BCUT2D eigenvalue weighted by molar-refractivity contribution is 0.0982. The highest BCUT2D eigenvalue weighted by Gasteiger charge is 2.39. The molecule has 1 rings (SSSR count). The molecule has 0 aromatic rings. The fraction of sp³-hybridized carbons (Fsp3) is 0.778. The summed E-state index contributed by atoms with van der Waals surface area (Å²) >= 11 is 0. The fourth-order valence-electron chi connectivity index (χ4n) is 3.52. The minimum atomic E-state index is -2.92. The summed E-state index contributed by atoms with van der Waals surface area (Å²) in [5.41, 5.74) is 1.20. The lowest BCUT2D eigenvalue weighted by atomic mass is 9.80. The van der Waals surface area contributed by atoms with Gasteiger partial charge in [0.15, 0.2) is 0 Å². The molecule has 0 bridgehead atoms. The average molecular weight is 312 g/mol. The summed E-state index contributed by atoms with van der Waals surface area (Å²) in [4.78, 5) is 7.88. The van der Waals surface area contributed by atoms with Gasteiger partial charge in [0.1, 0.15) is 5.71 Å². The molecule has 2 nitrogen and oxygen atoms in total. The first kappa shape index (κ1) is 19.0. The summed E-state index contributed by atoms with van der Waals surface area (Å²) in [6, 6.07) is 0. The van der Waals surface area contributed by atoms with Crippen molar-refractivity contribution in [3.8, 4) is 0 Å². The number of hydrogen-bond donors (Lipinski definition) is 0. The van der Waals surface area contributed by atoms with E-state index in [9.17, 15) is 8.78 Å². The summed E-state index contributed by atoms with van der Waals surface area (Å²) in [5, 5.41) is 0. The quantitative estimate of drug-likeness (QED) is 0.406. The molecule has 0 heterocycles. The van der Waals surface area contributed by atoms with Gasteiger partial charge in [0.05, 0.1) is 6.54 Å². The minimum Gasteiger partial charge on any atom is -0.295 e. The van der Waals surface area contributed by atoms with Crippen LogP contribution in [0.4, 0.5) is 8.78 Å². The number of nitrogens with zero attached hydrogens (tertiary/aromatic N) is 2. The van der Waals surface area contributed by atoms with Crippen molar-refractivity contribution in [1.29, 1.82) is 0 Å². The highest BCUT2D eigenvalue weighted by atomic mass is 19.3. The Morgan fingerprint density at radius 3 is 2.55 bits per heavy atom. The molecule has 1 aliphatic rings. The first-order valence-electron chi connectivity index (χ1n) is 8.29. The normalized spacial score (nSPS) is 26.2. The van der Waals surface area contributed by atoms with Crippen LogP contribution in [-0.2, 0) is 0 Å². The Bertz CT molecular complexity index is 423. The molecule has 0 radical (unpaired) electrons. The fourth-order valence-corrected chi connectivity index (χ4v) is 3.52. The number of alkyl halides is 2. The Kier molecular flexibility index (Phi) is 6.89. The number of rotatable bonds is 9. The van der Waals surface area contributed by atoms with E-state index in [4.69, 9.17) is 0 Å². The van der Waals surface area contributed by atoms with Crippen LogP contribution in [0.1, 0.15) is 59.3 Å². The smallest absolute Gasteiger partial charge is 0.284 e. The van der Waals surface area contributed by atoms with Crippen LogP contribution in [0.2, 0.25) is 0 Å². The molecule has 1 fully saturated rings. The van der Waals surface area contributed by atoms with Gasteiger partial charge in [-0.3, -0.25) is 9.98 Å². The summed E-state index contributed by atoms with van der Waals surface area (Å²) < 4.78 is 27.2. The third kappa shape index (κ3) is 4.99. The number of allylic oxidation sites excluding steroid dienone is 1. The average Bonchev–Trinajstić information content (AvgIpc) is 2.86. The second kappa shape index (κ2) is 7.98. The van der Waals surface area contributed by atoms with Gasteiger partial charge in [-0.1, -0.05) is 32.4 Å². The molecule has 22 heavy (non-hydrogen) atoms. The van der Waals surface area contributed by atoms with Crippen molar-refractivity contribution in [3.63, 3.8) is 0 Å². The van der Waals surface area contributed by atoms with E-state index in [0.717, 1.165) is 45.4 Å². The molecule has 1 aliphatic carbocycles. The van der Waals surface area contributed by atoms with Gasteiger partial charge in [0, 0.05) is 13.5 Å².